The van der Waals surface area contributed by atoms with Crippen LogP contribution in [0.25, 0.3) is 0 Å². The Bertz CT molecular complexity index is 643. The second kappa shape index (κ2) is 10.2. The van der Waals surface area contributed by atoms with Crippen LogP contribution in [0.5, 0.6) is 0 Å². The number of hydrogen-bond acceptors (Lipinski definition) is 3. The summed E-state index contributed by atoms with van der Waals surface area (Å²) in [5, 5.41) is 9.00. The number of aryl methyl sites for hydroxylation is 1. The summed E-state index contributed by atoms with van der Waals surface area (Å²) < 4.78 is 0. The molecule has 0 fully saturated rings. The molecule has 0 bridgehead atoms. The monoisotopic (exact) mass is 444 g/mol. The molecule has 1 aromatic heterocycles. The molecule has 0 radical (unpaired) electrons. The minimum absolute atomic E-state index is 0. The highest BCUT2D eigenvalue weighted by Crippen LogP contribution is 2.14. The molecule has 0 saturated carbocycles. The molecular formula is C16H21IN4OS. The van der Waals surface area contributed by atoms with E-state index in [-0.39, 0.29) is 36.4 Å². The highest BCUT2D eigenvalue weighted by atomic mass is 127. The molecule has 0 unspecified atom stereocenters. The first-order chi connectivity index (χ1) is 10.7. The van der Waals surface area contributed by atoms with E-state index in [9.17, 15) is 4.79 Å². The summed E-state index contributed by atoms with van der Waals surface area (Å²) in [7, 11) is 1.68. The van der Waals surface area contributed by atoms with Gasteiger partial charge in [-0.15, -0.1) is 35.3 Å². The number of aliphatic imine (C=N–C) groups is 1. The Kier molecular flexibility index (Phi) is 8.64. The fourth-order valence-corrected chi connectivity index (χ4v) is 2.69. The van der Waals surface area contributed by atoms with Gasteiger partial charge in [-0.2, -0.15) is 0 Å². The van der Waals surface area contributed by atoms with Crippen molar-refractivity contribution >= 4 is 52.9 Å². The zero-order valence-electron chi connectivity index (χ0n) is 13.1. The molecule has 23 heavy (non-hydrogen) atoms. The Balaban J connectivity index is 0.00000264. The van der Waals surface area contributed by atoms with E-state index in [1.165, 1.54) is 9.75 Å². The third-order valence-corrected chi connectivity index (χ3v) is 3.92. The van der Waals surface area contributed by atoms with Gasteiger partial charge >= 0.3 is 0 Å². The molecule has 2 rings (SSSR count). The van der Waals surface area contributed by atoms with Crippen molar-refractivity contribution in [1.29, 1.82) is 0 Å². The zero-order chi connectivity index (χ0) is 15.8. The van der Waals surface area contributed by atoms with E-state index in [4.69, 9.17) is 0 Å². The number of amides is 1. The van der Waals surface area contributed by atoms with E-state index in [0.717, 1.165) is 5.69 Å². The molecule has 5 nitrogen and oxygen atoms in total. The molecule has 0 spiro atoms. The number of hydrogen-bond donors (Lipinski definition) is 3. The molecule has 124 valence electrons. The molecule has 1 amide bonds. The summed E-state index contributed by atoms with van der Waals surface area (Å²) in [5.41, 5.74) is 0.784. The Morgan fingerprint density at radius 1 is 1.13 bits per heavy atom. The van der Waals surface area contributed by atoms with Gasteiger partial charge < -0.3 is 16.0 Å². The SMILES string of the molecule is CN=C(NCC(=O)Nc1ccccc1)NCc1ccc(C)s1.I. The summed E-state index contributed by atoms with van der Waals surface area (Å²) >= 11 is 1.74. The molecule has 0 aliphatic carbocycles. The molecule has 2 aromatic rings. The number of para-hydroxylation sites is 1. The van der Waals surface area contributed by atoms with Crippen LogP contribution in [-0.4, -0.2) is 25.5 Å². The molecule has 1 heterocycles. The van der Waals surface area contributed by atoms with Gasteiger partial charge in [0.2, 0.25) is 5.91 Å². The second-order valence-electron chi connectivity index (χ2n) is 4.71. The van der Waals surface area contributed by atoms with Gasteiger partial charge in [-0.3, -0.25) is 9.79 Å². The van der Waals surface area contributed by atoms with Crippen molar-refractivity contribution in [3.8, 4) is 0 Å². The minimum Gasteiger partial charge on any atom is -0.352 e. The van der Waals surface area contributed by atoms with E-state index in [0.29, 0.717) is 12.5 Å². The van der Waals surface area contributed by atoms with Gasteiger partial charge in [0, 0.05) is 22.5 Å². The summed E-state index contributed by atoms with van der Waals surface area (Å²) in [6.45, 7) is 2.94. The van der Waals surface area contributed by atoms with Gasteiger partial charge in [-0.1, -0.05) is 18.2 Å². The first-order valence-electron chi connectivity index (χ1n) is 7.02. The van der Waals surface area contributed by atoms with Crippen molar-refractivity contribution in [3.05, 3.63) is 52.2 Å². The van der Waals surface area contributed by atoms with E-state index in [1.807, 2.05) is 30.3 Å². The van der Waals surface area contributed by atoms with E-state index >= 15 is 0 Å². The largest absolute Gasteiger partial charge is 0.352 e. The highest BCUT2D eigenvalue weighted by Gasteiger charge is 2.04. The van der Waals surface area contributed by atoms with Crippen LogP contribution < -0.4 is 16.0 Å². The average Bonchev–Trinajstić information content (AvgIpc) is 2.94. The van der Waals surface area contributed by atoms with Crippen molar-refractivity contribution in [1.82, 2.24) is 10.6 Å². The van der Waals surface area contributed by atoms with Crippen LogP contribution in [0.4, 0.5) is 5.69 Å². The van der Waals surface area contributed by atoms with Gasteiger partial charge in [-0.05, 0) is 31.2 Å². The maximum absolute atomic E-state index is 11.9. The molecule has 1 aromatic carbocycles. The number of thiophene rings is 1. The van der Waals surface area contributed by atoms with Crippen LogP contribution >= 0.6 is 35.3 Å². The molecule has 7 heteroatoms. The number of anilines is 1. The van der Waals surface area contributed by atoms with E-state index < -0.39 is 0 Å². The van der Waals surface area contributed by atoms with E-state index in [1.54, 1.807) is 18.4 Å². The topological polar surface area (TPSA) is 65.5 Å². The first kappa shape index (κ1) is 19.4. The van der Waals surface area contributed by atoms with Gasteiger partial charge in [0.1, 0.15) is 0 Å². The maximum atomic E-state index is 11.9. The molecular weight excluding hydrogens is 423 g/mol. The average molecular weight is 444 g/mol. The minimum atomic E-state index is -0.110. The number of nitrogens with one attached hydrogen (secondary N) is 3. The van der Waals surface area contributed by atoms with Crippen LogP contribution in [-0.2, 0) is 11.3 Å². The van der Waals surface area contributed by atoms with Crippen LogP contribution in [0, 0.1) is 6.92 Å². The van der Waals surface area contributed by atoms with Gasteiger partial charge in [-0.25, -0.2) is 0 Å². The summed E-state index contributed by atoms with van der Waals surface area (Å²) in [5.74, 6) is 0.496. The summed E-state index contributed by atoms with van der Waals surface area (Å²) in [4.78, 5) is 18.5. The fourth-order valence-electron chi connectivity index (χ4n) is 1.86. The molecule has 3 N–H and O–H groups in total. The van der Waals surface area contributed by atoms with Crippen molar-refractivity contribution in [2.75, 3.05) is 18.9 Å². The zero-order valence-corrected chi connectivity index (χ0v) is 16.3. The van der Waals surface area contributed by atoms with Crippen LogP contribution in [0.3, 0.4) is 0 Å². The summed E-state index contributed by atoms with van der Waals surface area (Å²) in [6, 6.07) is 13.5. The highest BCUT2D eigenvalue weighted by molar-refractivity contribution is 14.0. The lowest BCUT2D eigenvalue weighted by atomic mass is 10.3. The number of benzene rings is 1. The maximum Gasteiger partial charge on any atom is 0.243 e. The van der Waals surface area contributed by atoms with Crippen LogP contribution in [0.15, 0.2) is 47.5 Å². The van der Waals surface area contributed by atoms with Gasteiger partial charge in [0.05, 0.1) is 13.1 Å². The van der Waals surface area contributed by atoms with Crippen molar-refractivity contribution in [2.24, 2.45) is 4.99 Å². The number of nitrogens with zero attached hydrogens (tertiary/aromatic N) is 1. The Morgan fingerprint density at radius 3 is 2.48 bits per heavy atom. The van der Waals surface area contributed by atoms with Crippen LogP contribution in [0.1, 0.15) is 9.75 Å². The van der Waals surface area contributed by atoms with Crippen molar-refractivity contribution < 1.29 is 4.79 Å². The molecule has 0 saturated heterocycles. The third-order valence-electron chi connectivity index (χ3n) is 2.92. The van der Waals surface area contributed by atoms with Crippen molar-refractivity contribution in [2.45, 2.75) is 13.5 Å². The molecule has 0 atom stereocenters. The lowest BCUT2D eigenvalue weighted by Crippen LogP contribution is -2.40. The summed E-state index contributed by atoms with van der Waals surface area (Å²) in [6.07, 6.45) is 0. The standard InChI is InChI=1S/C16H20N4OS.HI/c1-12-8-9-14(22-12)10-18-16(17-2)19-11-15(21)20-13-6-4-3-5-7-13;/h3-9H,10-11H2,1-2H3,(H,20,21)(H2,17,18,19);1H. The predicted molar refractivity (Wildman–Crippen MR) is 108 cm³/mol. The number of carbonyl (C=O) groups is 1. The smallest absolute Gasteiger partial charge is 0.243 e. The quantitative estimate of drug-likeness (QED) is 0.378. The van der Waals surface area contributed by atoms with E-state index in [2.05, 4.69) is 40.0 Å². The number of guanidine groups is 1. The third kappa shape index (κ3) is 7.00. The Hall–Kier alpha value is -1.61. The molecule has 0 aliphatic rings. The van der Waals surface area contributed by atoms with Gasteiger partial charge in [0.15, 0.2) is 5.96 Å². The second-order valence-corrected chi connectivity index (χ2v) is 6.08. The lowest BCUT2D eigenvalue weighted by Gasteiger charge is -2.11. The number of carbonyl (C=O) groups excluding carboxylic acids is 1. The van der Waals surface area contributed by atoms with Gasteiger partial charge in [0.25, 0.3) is 0 Å². The Labute approximate surface area is 157 Å². The predicted octanol–water partition coefficient (Wildman–Crippen LogP) is 2.98. The first-order valence-corrected chi connectivity index (χ1v) is 7.84. The fraction of sp³-hybridized carbons (Fsp3) is 0.250. The Morgan fingerprint density at radius 2 is 1.87 bits per heavy atom. The van der Waals surface area contributed by atoms with Crippen LogP contribution in [0.2, 0.25) is 0 Å². The number of rotatable bonds is 5. The lowest BCUT2D eigenvalue weighted by molar-refractivity contribution is -0.115. The molecule has 0 aliphatic heterocycles. The normalized spacial score (nSPS) is 10.6. The number of halogens is 1. The van der Waals surface area contributed by atoms with Crippen molar-refractivity contribution in [3.63, 3.8) is 0 Å².